The van der Waals surface area contributed by atoms with E-state index in [2.05, 4.69) is 0 Å². The van der Waals surface area contributed by atoms with E-state index in [-0.39, 0.29) is 28.4 Å². The highest BCUT2D eigenvalue weighted by atomic mass is 16.5. The zero-order valence-corrected chi connectivity index (χ0v) is 12.2. The molecule has 1 aliphatic carbocycles. The van der Waals surface area contributed by atoms with E-state index >= 15 is 0 Å². The zero-order valence-electron chi connectivity index (χ0n) is 12.2. The third kappa shape index (κ3) is 2.64. The Morgan fingerprint density at radius 2 is 1.39 bits per heavy atom. The summed E-state index contributed by atoms with van der Waals surface area (Å²) in [4.78, 5) is 36.4. The van der Waals surface area contributed by atoms with Crippen LogP contribution < -0.4 is 9.47 Å². The van der Waals surface area contributed by atoms with E-state index in [1.54, 1.807) is 30.3 Å². The fourth-order valence-corrected chi connectivity index (χ4v) is 2.36. The zero-order chi connectivity index (χ0) is 16.4. The highest BCUT2D eigenvalue weighted by molar-refractivity contribution is 6.24. The van der Waals surface area contributed by atoms with Gasteiger partial charge in [-0.3, -0.25) is 9.59 Å². The van der Waals surface area contributed by atoms with E-state index in [0.717, 1.165) is 6.08 Å². The van der Waals surface area contributed by atoms with Crippen molar-refractivity contribution in [3.05, 3.63) is 71.3 Å². The summed E-state index contributed by atoms with van der Waals surface area (Å²) in [5.74, 6) is -1.07. The van der Waals surface area contributed by atoms with Crippen LogP contribution in [-0.4, -0.2) is 24.6 Å². The summed E-state index contributed by atoms with van der Waals surface area (Å²) < 4.78 is 10.4. The second kappa shape index (κ2) is 5.88. The third-order valence-corrected chi connectivity index (χ3v) is 3.44. The van der Waals surface area contributed by atoms with Crippen LogP contribution in [0.15, 0.2) is 54.6 Å². The maximum absolute atomic E-state index is 12.2. The number of fused-ring (bicyclic) bond motifs is 1. The first kappa shape index (κ1) is 14.7. The van der Waals surface area contributed by atoms with Crippen molar-refractivity contribution in [1.82, 2.24) is 0 Å². The van der Waals surface area contributed by atoms with Gasteiger partial charge in [0.25, 0.3) is 0 Å². The minimum Gasteiger partial charge on any atom is -0.496 e. The number of hydrogen-bond donors (Lipinski definition) is 0. The number of rotatable bonds is 3. The lowest BCUT2D eigenvalue weighted by molar-refractivity contribution is 0.0731. The van der Waals surface area contributed by atoms with Crippen LogP contribution >= 0.6 is 0 Å². The minimum atomic E-state index is -0.604. The Hall–Kier alpha value is -3.21. The van der Waals surface area contributed by atoms with Gasteiger partial charge in [0.2, 0.25) is 0 Å². The molecule has 0 aliphatic heterocycles. The lowest BCUT2D eigenvalue weighted by atomic mass is 9.93. The van der Waals surface area contributed by atoms with E-state index in [0.29, 0.717) is 5.56 Å². The standard InChI is InChI=1S/C18H12O5/c1-22-14-9-10-15(17-13(20)8-7-12(19)16(14)17)23-18(21)11-5-3-2-4-6-11/h2-10H,1H3. The largest absolute Gasteiger partial charge is 0.496 e. The predicted molar refractivity (Wildman–Crippen MR) is 82.2 cm³/mol. The Labute approximate surface area is 132 Å². The predicted octanol–water partition coefficient (Wildman–Crippen LogP) is 2.85. The van der Waals surface area contributed by atoms with Gasteiger partial charge in [-0.1, -0.05) is 18.2 Å². The van der Waals surface area contributed by atoms with Crippen LogP contribution in [0.5, 0.6) is 11.5 Å². The third-order valence-electron chi connectivity index (χ3n) is 3.44. The molecular weight excluding hydrogens is 296 g/mol. The summed E-state index contributed by atoms with van der Waals surface area (Å²) >= 11 is 0. The van der Waals surface area contributed by atoms with Crippen molar-refractivity contribution in [3.8, 4) is 11.5 Å². The Morgan fingerprint density at radius 3 is 2.00 bits per heavy atom. The molecule has 0 unspecified atom stereocenters. The van der Waals surface area contributed by atoms with Gasteiger partial charge < -0.3 is 9.47 Å². The number of hydrogen-bond acceptors (Lipinski definition) is 5. The SMILES string of the molecule is COc1ccc(OC(=O)c2ccccc2)c2c1C(=O)C=CC2=O. The summed E-state index contributed by atoms with van der Waals surface area (Å²) in [6, 6.07) is 11.3. The van der Waals surface area contributed by atoms with Crippen molar-refractivity contribution in [2.45, 2.75) is 0 Å². The molecule has 0 fully saturated rings. The molecule has 0 bridgehead atoms. The molecule has 0 heterocycles. The van der Waals surface area contributed by atoms with Gasteiger partial charge in [0.15, 0.2) is 11.6 Å². The first-order chi connectivity index (χ1) is 11.1. The molecule has 0 atom stereocenters. The fourth-order valence-electron chi connectivity index (χ4n) is 2.36. The van der Waals surface area contributed by atoms with Gasteiger partial charge in [-0.2, -0.15) is 0 Å². The Balaban J connectivity index is 2.05. The average molecular weight is 308 g/mol. The topological polar surface area (TPSA) is 69.7 Å². The second-order valence-corrected chi connectivity index (χ2v) is 4.83. The summed E-state index contributed by atoms with van der Waals surface area (Å²) in [7, 11) is 1.40. The monoisotopic (exact) mass is 308 g/mol. The molecule has 2 aromatic carbocycles. The maximum atomic E-state index is 12.2. The van der Waals surface area contributed by atoms with Crippen LogP contribution in [0.3, 0.4) is 0 Å². The van der Waals surface area contributed by atoms with Crippen molar-refractivity contribution in [2.24, 2.45) is 0 Å². The molecule has 0 aromatic heterocycles. The lowest BCUT2D eigenvalue weighted by Crippen LogP contribution is -2.17. The highest BCUT2D eigenvalue weighted by Crippen LogP contribution is 2.34. The maximum Gasteiger partial charge on any atom is 0.343 e. The summed E-state index contributed by atoms with van der Waals surface area (Å²) in [6.07, 6.45) is 2.33. The molecule has 0 spiro atoms. The van der Waals surface area contributed by atoms with E-state index < -0.39 is 11.8 Å². The quantitative estimate of drug-likeness (QED) is 0.644. The second-order valence-electron chi connectivity index (χ2n) is 4.83. The normalized spacial score (nSPS) is 12.7. The van der Waals surface area contributed by atoms with Crippen LogP contribution in [-0.2, 0) is 0 Å². The average Bonchev–Trinajstić information content (AvgIpc) is 2.58. The molecule has 0 amide bonds. The van der Waals surface area contributed by atoms with E-state index in [4.69, 9.17) is 9.47 Å². The first-order valence-electron chi connectivity index (χ1n) is 6.87. The Kier molecular flexibility index (Phi) is 3.76. The lowest BCUT2D eigenvalue weighted by Gasteiger charge is -2.16. The van der Waals surface area contributed by atoms with Crippen molar-refractivity contribution in [2.75, 3.05) is 7.11 Å². The molecule has 1 aliphatic rings. The minimum absolute atomic E-state index is 0.0392. The molecule has 5 nitrogen and oxygen atoms in total. The van der Waals surface area contributed by atoms with Crippen LogP contribution in [0.4, 0.5) is 0 Å². The molecule has 0 radical (unpaired) electrons. The molecule has 2 aromatic rings. The van der Waals surface area contributed by atoms with E-state index in [1.807, 2.05) is 0 Å². The number of carbonyl (C=O) groups is 3. The van der Waals surface area contributed by atoms with Gasteiger partial charge in [-0.25, -0.2) is 4.79 Å². The molecule has 5 heteroatoms. The summed E-state index contributed by atoms with van der Waals surface area (Å²) in [5.41, 5.74) is 0.502. The molecule has 23 heavy (non-hydrogen) atoms. The molecule has 3 rings (SSSR count). The van der Waals surface area contributed by atoms with Gasteiger partial charge in [0, 0.05) is 0 Å². The fraction of sp³-hybridized carbons (Fsp3) is 0.0556. The van der Waals surface area contributed by atoms with Crippen LogP contribution in [0, 0.1) is 0 Å². The molecule has 0 saturated carbocycles. The van der Waals surface area contributed by atoms with Gasteiger partial charge >= 0.3 is 5.97 Å². The van der Waals surface area contributed by atoms with Gasteiger partial charge in [-0.15, -0.1) is 0 Å². The van der Waals surface area contributed by atoms with Crippen molar-refractivity contribution in [3.63, 3.8) is 0 Å². The van der Waals surface area contributed by atoms with Crippen LogP contribution in [0.2, 0.25) is 0 Å². The molecular formula is C18H12O5. The number of esters is 1. The molecule has 0 N–H and O–H groups in total. The highest BCUT2D eigenvalue weighted by Gasteiger charge is 2.28. The van der Waals surface area contributed by atoms with Crippen LogP contribution in [0.25, 0.3) is 0 Å². The first-order valence-corrected chi connectivity index (χ1v) is 6.87. The number of benzene rings is 2. The van der Waals surface area contributed by atoms with Crippen LogP contribution in [0.1, 0.15) is 31.1 Å². The Morgan fingerprint density at radius 1 is 0.826 bits per heavy atom. The van der Waals surface area contributed by atoms with Crippen molar-refractivity contribution in [1.29, 1.82) is 0 Å². The van der Waals surface area contributed by atoms with E-state index in [1.165, 1.54) is 25.3 Å². The van der Waals surface area contributed by atoms with Gasteiger partial charge in [0.05, 0.1) is 23.8 Å². The Bertz CT molecular complexity index is 834. The summed E-state index contributed by atoms with van der Waals surface area (Å²) in [6.45, 7) is 0. The van der Waals surface area contributed by atoms with E-state index in [9.17, 15) is 14.4 Å². The van der Waals surface area contributed by atoms with Gasteiger partial charge in [0.1, 0.15) is 11.5 Å². The number of ketones is 2. The summed E-state index contributed by atoms with van der Waals surface area (Å²) in [5, 5.41) is 0. The number of methoxy groups -OCH3 is 1. The smallest absolute Gasteiger partial charge is 0.343 e. The molecule has 114 valence electrons. The molecule has 0 saturated heterocycles. The van der Waals surface area contributed by atoms with Crippen molar-refractivity contribution < 1.29 is 23.9 Å². The number of ether oxygens (including phenoxy) is 2. The number of carbonyl (C=O) groups excluding carboxylic acids is 3. The van der Waals surface area contributed by atoms with Crippen molar-refractivity contribution >= 4 is 17.5 Å². The number of allylic oxidation sites excluding steroid dienone is 2. The van der Waals surface area contributed by atoms with Gasteiger partial charge in [-0.05, 0) is 36.4 Å².